The van der Waals surface area contributed by atoms with Crippen LogP contribution in [-0.2, 0) is 6.54 Å². The fraction of sp³-hybridized carbons (Fsp3) is 0.0625. The number of rotatable bonds is 4. The molecular weight excluding hydrogens is 290 g/mol. The Morgan fingerprint density at radius 3 is 2.91 bits per heavy atom. The number of nitrogen functional groups attached to an aromatic ring is 1. The van der Waals surface area contributed by atoms with Crippen molar-refractivity contribution in [3.8, 4) is 11.3 Å². The first-order valence-corrected chi connectivity index (χ1v) is 7.21. The normalized spacial score (nSPS) is 11.0. The molecule has 0 radical (unpaired) electrons. The van der Waals surface area contributed by atoms with Crippen molar-refractivity contribution in [3.05, 3.63) is 54.7 Å². The number of hydrogen-bond donors (Lipinski definition) is 4. The van der Waals surface area contributed by atoms with Crippen molar-refractivity contribution in [1.29, 1.82) is 0 Å². The molecule has 4 aromatic rings. The first kappa shape index (κ1) is 13.3. The molecule has 3 aromatic heterocycles. The van der Waals surface area contributed by atoms with E-state index in [1.54, 1.807) is 18.7 Å². The third kappa shape index (κ3) is 2.59. The SMILES string of the molecule is Nc1cc(NCc2cnc[nH]2)c2ccc(-c3ccn[nH]3)cc2n1. The fourth-order valence-corrected chi connectivity index (χ4v) is 2.55. The average Bonchev–Trinajstić information content (AvgIpc) is 3.25. The Bertz CT molecular complexity index is 927. The van der Waals surface area contributed by atoms with Crippen LogP contribution in [0.1, 0.15) is 5.69 Å². The van der Waals surface area contributed by atoms with Crippen molar-refractivity contribution >= 4 is 22.4 Å². The smallest absolute Gasteiger partial charge is 0.126 e. The van der Waals surface area contributed by atoms with Crippen molar-refractivity contribution in [1.82, 2.24) is 25.1 Å². The molecule has 0 aliphatic heterocycles. The minimum Gasteiger partial charge on any atom is -0.384 e. The number of H-pyrrole nitrogens is 2. The van der Waals surface area contributed by atoms with Crippen molar-refractivity contribution in [2.45, 2.75) is 6.54 Å². The van der Waals surface area contributed by atoms with Crippen molar-refractivity contribution < 1.29 is 0 Å². The van der Waals surface area contributed by atoms with Gasteiger partial charge in [-0.2, -0.15) is 5.10 Å². The summed E-state index contributed by atoms with van der Waals surface area (Å²) in [7, 11) is 0. The third-order valence-corrected chi connectivity index (χ3v) is 3.67. The zero-order valence-corrected chi connectivity index (χ0v) is 12.2. The summed E-state index contributed by atoms with van der Waals surface area (Å²) in [4.78, 5) is 11.5. The molecule has 0 saturated heterocycles. The predicted molar refractivity (Wildman–Crippen MR) is 89.7 cm³/mol. The predicted octanol–water partition coefficient (Wildman–Crippen LogP) is 2.54. The van der Waals surface area contributed by atoms with Gasteiger partial charge in [0.25, 0.3) is 0 Å². The Kier molecular flexibility index (Phi) is 3.16. The number of nitrogens with two attached hydrogens (primary N) is 1. The Morgan fingerprint density at radius 2 is 2.13 bits per heavy atom. The minimum absolute atomic E-state index is 0.478. The van der Waals surface area contributed by atoms with Gasteiger partial charge in [-0.25, -0.2) is 9.97 Å². The van der Waals surface area contributed by atoms with E-state index in [9.17, 15) is 0 Å². The second-order valence-electron chi connectivity index (χ2n) is 5.23. The van der Waals surface area contributed by atoms with Gasteiger partial charge in [-0.15, -0.1) is 0 Å². The average molecular weight is 305 g/mol. The highest BCUT2D eigenvalue weighted by Crippen LogP contribution is 2.28. The standard InChI is InChI=1S/C16H15N7/c17-16-6-14(19-8-11-7-18-9-20-11)12-2-1-10(5-15(12)22-16)13-3-4-21-23-13/h1-7,9H,8H2,(H,18,20)(H,21,23)(H3,17,19,22). The Hall–Kier alpha value is -3.35. The van der Waals surface area contributed by atoms with E-state index < -0.39 is 0 Å². The number of fused-ring (bicyclic) bond motifs is 1. The zero-order chi connectivity index (χ0) is 15.6. The van der Waals surface area contributed by atoms with Crippen LogP contribution < -0.4 is 11.1 Å². The number of anilines is 2. The molecule has 0 spiro atoms. The summed E-state index contributed by atoms with van der Waals surface area (Å²) in [5.74, 6) is 0.478. The lowest BCUT2D eigenvalue weighted by molar-refractivity contribution is 1.08. The largest absolute Gasteiger partial charge is 0.384 e. The first-order chi connectivity index (χ1) is 11.3. The molecule has 114 valence electrons. The molecule has 0 fully saturated rings. The molecule has 0 saturated carbocycles. The van der Waals surface area contributed by atoms with Gasteiger partial charge in [0.2, 0.25) is 0 Å². The number of hydrogen-bond acceptors (Lipinski definition) is 5. The number of aromatic amines is 2. The topological polar surface area (TPSA) is 108 Å². The second kappa shape index (κ2) is 5.45. The monoisotopic (exact) mass is 305 g/mol. The lowest BCUT2D eigenvalue weighted by Gasteiger charge is -2.11. The lowest BCUT2D eigenvalue weighted by Crippen LogP contribution is -2.02. The van der Waals surface area contributed by atoms with Crippen molar-refractivity contribution in [2.75, 3.05) is 11.1 Å². The summed E-state index contributed by atoms with van der Waals surface area (Å²) < 4.78 is 0. The maximum atomic E-state index is 5.95. The highest BCUT2D eigenvalue weighted by Gasteiger charge is 2.07. The van der Waals surface area contributed by atoms with Crippen LogP contribution in [0.2, 0.25) is 0 Å². The van der Waals surface area contributed by atoms with E-state index in [0.29, 0.717) is 12.4 Å². The highest BCUT2D eigenvalue weighted by molar-refractivity contribution is 5.95. The summed E-state index contributed by atoms with van der Waals surface area (Å²) in [6.45, 7) is 0.640. The quantitative estimate of drug-likeness (QED) is 0.463. The van der Waals surface area contributed by atoms with Crippen LogP contribution in [-0.4, -0.2) is 25.1 Å². The van der Waals surface area contributed by atoms with E-state index in [1.807, 2.05) is 30.3 Å². The fourth-order valence-electron chi connectivity index (χ4n) is 2.55. The van der Waals surface area contributed by atoms with Gasteiger partial charge in [0.05, 0.1) is 29.8 Å². The molecule has 0 bridgehead atoms. The van der Waals surface area contributed by atoms with Gasteiger partial charge in [0, 0.05) is 35.1 Å². The van der Waals surface area contributed by atoms with Crippen LogP contribution in [0.3, 0.4) is 0 Å². The molecule has 0 aliphatic rings. The van der Waals surface area contributed by atoms with E-state index in [2.05, 4.69) is 30.5 Å². The molecule has 5 N–H and O–H groups in total. The maximum Gasteiger partial charge on any atom is 0.126 e. The minimum atomic E-state index is 0.478. The van der Waals surface area contributed by atoms with Gasteiger partial charge in [-0.05, 0) is 12.1 Å². The first-order valence-electron chi connectivity index (χ1n) is 7.21. The number of benzene rings is 1. The van der Waals surface area contributed by atoms with Crippen LogP contribution in [0.4, 0.5) is 11.5 Å². The van der Waals surface area contributed by atoms with Crippen LogP contribution in [0.25, 0.3) is 22.2 Å². The Labute approximate surface area is 132 Å². The van der Waals surface area contributed by atoms with Crippen LogP contribution in [0.15, 0.2) is 49.1 Å². The van der Waals surface area contributed by atoms with E-state index in [-0.39, 0.29) is 0 Å². The summed E-state index contributed by atoms with van der Waals surface area (Å²) in [5, 5.41) is 11.3. The van der Waals surface area contributed by atoms with Crippen LogP contribution in [0, 0.1) is 0 Å². The summed E-state index contributed by atoms with van der Waals surface area (Å²) in [6, 6.07) is 9.84. The summed E-state index contributed by atoms with van der Waals surface area (Å²) in [6.07, 6.45) is 5.17. The van der Waals surface area contributed by atoms with Gasteiger partial charge in [-0.3, -0.25) is 5.10 Å². The highest BCUT2D eigenvalue weighted by atomic mass is 15.1. The lowest BCUT2D eigenvalue weighted by atomic mass is 10.1. The summed E-state index contributed by atoms with van der Waals surface area (Å²) >= 11 is 0. The van der Waals surface area contributed by atoms with Gasteiger partial charge < -0.3 is 16.0 Å². The van der Waals surface area contributed by atoms with Gasteiger partial charge in [0.15, 0.2) is 0 Å². The van der Waals surface area contributed by atoms with Crippen molar-refractivity contribution in [3.63, 3.8) is 0 Å². The molecule has 23 heavy (non-hydrogen) atoms. The Balaban J connectivity index is 1.73. The van der Waals surface area contributed by atoms with E-state index in [1.165, 1.54) is 0 Å². The summed E-state index contributed by atoms with van der Waals surface area (Å²) in [5.41, 5.74) is 10.7. The van der Waals surface area contributed by atoms with E-state index >= 15 is 0 Å². The number of aromatic nitrogens is 5. The molecule has 7 nitrogen and oxygen atoms in total. The van der Waals surface area contributed by atoms with Gasteiger partial charge in [0.1, 0.15) is 5.82 Å². The maximum absolute atomic E-state index is 5.95. The van der Waals surface area contributed by atoms with Crippen LogP contribution >= 0.6 is 0 Å². The molecule has 1 aromatic carbocycles. The third-order valence-electron chi connectivity index (χ3n) is 3.67. The molecule has 7 heteroatoms. The molecule has 0 unspecified atom stereocenters. The van der Waals surface area contributed by atoms with E-state index in [4.69, 9.17) is 5.73 Å². The van der Waals surface area contributed by atoms with Gasteiger partial charge in [-0.1, -0.05) is 12.1 Å². The van der Waals surface area contributed by atoms with E-state index in [0.717, 1.165) is 33.5 Å². The molecule has 0 amide bonds. The number of nitrogens with zero attached hydrogens (tertiary/aromatic N) is 3. The van der Waals surface area contributed by atoms with Gasteiger partial charge >= 0.3 is 0 Å². The number of nitrogens with one attached hydrogen (secondary N) is 3. The van der Waals surface area contributed by atoms with Crippen molar-refractivity contribution in [2.24, 2.45) is 0 Å². The molecule has 0 aliphatic carbocycles. The number of pyridine rings is 1. The molecule has 3 heterocycles. The van der Waals surface area contributed by atoms with Crippen LogP contribution in [0.5, 0.6) is 0 Å². The molecular formula is C16H15N7. The Morgan fingerprint density at radius 1 is 1.17 bits per heavy atom. The molecule has 4 rings (SSSR count). The zero-order valence-electron chi connectivity index (χ0n) is 12.2. The number of imidazole rings is 1. The second-order valence-corrected chi connectivity index (χ2v) is 5.23. The molecule has 0 atom stereocenters.